The molecule has 0 aromatic heterocycles. The zero-order valence-corrected chi connectivity index (χ0v) is 7.23. The summed E-state index contributed by atoms with van der Waals surface area (Å²) < 4.78 is 0. The van der Waals surface area contributed by atoms with Gasteiger partial charge in [0.15, 0.2) is 0 Å². The second-order valence-corrected chi connectivity index (χ2v) is 3.39. The molecule has 58 valence electrons. The van der Waals surface area contributed by atoms with Crippen molar-refractivity contribution >= 4 is 0 Å². The molecular formula is C10H13N. The van der Waals surface area contributed by atoms with E-state index in [9.17, 15) is 0 Å². The van der Waals surface area contributed by atoms with E-state index in [2.05, 4.69) is 25.7 Å². The maximum absolute atomic E-state index is 5.69. The zero-order valence-electron chi connectivity index (χ0n) is 7.23. The number of allylic oxidation sites excluding steroid dienone is 3. The molecule has 0 saturated carbocycles. The predicted molar refractivity (Wildman–Crippen MR) is 47.6 cm³/mol. The standard InChI is InChI=1S/C10H13N/c1-8-4-6-10(2,3)7-5-9(8)11/h5,7H,11H2,1-3H3. The fourth-order valence-electron chi connectivity index (χ4n) is 0.792. The van der Waals surface area contributed by atoms with E-state index in [1.54, 1.807) is 0 Å². The number of rotatable bonds is 0. The topological polar surface area (TPSA) is 26.0 Å². The lowest BCUT2D eigenvalue weighted by Crippen LogP contribution is -2.02. The van der Waals surface area contributed by atoms with Crippen LogP contribution in [0.25, 0.3) is 0 Å². The van der Waals surface area contributed by atoms with Gasteiger partial charge in [-0.1, -0.05) is 17.9 Å². The first kappa shape index (κ1) is 7.94. The first-order valence-electron chi connectivity index (χ1n) is 3.70. The highest BCUT2D eigenvalue weighted by Gasteiger charge is 2.10. The van der Waals surface area contributed by atoms with Gasteiger partial charge in [-0.25, -0.2) is 0 Å². The van der Waals surface area contributed by atoms with E-state index in [4.69, 9.17) is 5.73 Å². The average molecular weight is 147 g/mol. The summed E-state index contributed by atoms with van der Waals surface area (Å²) in [5.74, 6) is 6.15. The van der Waals surface area contributed by atoms with E-state index in [-0.39, 0.29) is 5.41 Å². The van der Waals surface area contributed by atoms with Crippen molar-refractivity contribution in [2.24, 2.45) is 11.1 Å². The highest BCUT2D eigenvalue weighted by Crippen LogP contribution is 2.18. The van der Waals surface area contributed by atoms with E-state index < -0.39 is 0 Å². The molecule has 0 fully saturated rings. The third-order valence-electron chi connectivity index (χ3n) is 1.68. The summed E-state index contributed by atoms with van der Waals surface area (Å²) in [6.07, 6.45) is 3.95. The van der Waals surface area contributed by atoms with Crippen molar-refractivity contribution in [3.63, 3.8) is 0 Å². The van der Waals surface area contributed by atoms with E-state index in [1.165, 1.54) is 0 Å². The van der Waals surface area contributed by atoms with Crippen LogP contribution >= 0.6 is 0 Å². The van der Waals surface area contributed by atoms with Gasteiger partial charge in [0.05, 0.1) is 0 Å². The van der Waals surface area contributed by atoms with Crippen LogP contribution in [0.2, 0.25) is 0 Å². The molecule has 0 aromatic rings. The van der Waals surface area contributed by atoms with Crippen LogP contribution in [0.3, 0.4) is 0 Å². The molecule has 0 unspecified atom stereocenters. The summed E-state index contributed by atoms with van der Waals surface area (Å²) in [5.41, 5.74) is 7.40. The number of nitrogens with two attached hydrogens (primary N) is 1. The Morgan fingerprint density at radius 3 is 2.73 bits per heavy atom. The second-order valence-electron chi connectivity index (χ2n) is 3.39. The Hall–Kier alpha value is -1.16. The van der Waals surface area contributed by atoms with Gasteiger partial charge in [-0.2, -0.15) is 0 Å². The van der Waals surface area contributed by atoms with Gasteiger partial charge < -0.3 is 5.73 Å². The van der Waals surface area contributed by atoms with Gasteiger partial charge in [0.25, 0.3) is 0 Å². The van der Waals surface area contributed by atoms with Crippen LogP contribution in [-0.2, 0) is 0 Å². The highest BCUT2D eigenvalue weighted by molar-refractivity contribution is 5.41. The molecule has 0 spiro atoms. The lowest BCUT2D eigenvalue weighted by atomic mass is 9.94. The summed E-state index contributed by atoms with van der Waals surface area (Å²) in [6, 6.07) is 0. The lowest BCUT2D eigenvalue weighted by Gasteiger charge is -2.08. The minimum absolute atomic E-state index is 0.0393. The van der Waals surface area contributed by atoms with E-state index in [0.29, 0.717) is 0 Å². The van der Waals surface area contributed by atoms with Crippen LogP contribution in [-0.4, -0.2) is 0 Å². The molecule has 1 rings (SSSR count). The summed E-state index contributed by atoms with van der Waals surface area (Å²) >= 11 is 0. The third kappa shape index (κ3) is 1.88. The monoisotopic (exact) mass is 147 g/mol. The second kappa shape index (κ2) is 2.47. The smallest absolute Gasteiger partial charge is 0.0444 e. The SMILES string of the molecule is CC1=C(N)C=CC(C)(C)C#C1. The molecular weight excluding hydrogens is 134 g/mol. The Balaban J connectivity index is 3.08. The maximum Gasteiger partial charge on any atom is 0.0444 e. The van der Waals surface area contributed by atoms with Gasteiger partial charge in [-0.15, -0.1) is 0 Å². The molecule has 0 aromatic carbocycles. The number of hydrogen-bond acceptors (Lipinski definition) is 1. The molecule has 1 aliphatic rings. The van der Waals surface area contributed by atoms with Gasteiger partial charge in [-0.05, 0) is 26.8 Å². The molecule has 0 amide bonds. The van der Waals surface area contributed by atoms with Gasteiger partial charge in [0.2, 0.25) is 0 Å². The molecule has 1 nitrogen and oxygen atoms in total. The van der Waals surface area contributed by atoms with Crippen molar-refractivity contribution in [3.05, 3.63) is 23.4 Å². The Bertz CT molecular complexity index is 282. The Labute approximate surface area is 68.0 Å². The summed E-state index contributed by atoms with van der Waals surface area (Å²) in [5, 5.41) is 0. The van der Waals surface area contributed by atoms with Crippen LogP contribution in [0.15, 0.2) is 23.4 Å². The Morgan fingerprint density at radius 1 is 1.45 bits per heavy atom. The molecule has 0 atom stereocenters. The molecule has 0 aliphatic heterocycles. The van der Waals surface area contributed by atoms with Gasteiger partial charge in [0, 0.05) is 16.7 Å². The van der Waals surface area contributed by atoms with Gasteiger partial charge in [-0.3, -0.25) is 0 Å². The summed E-state index contributed by atoms with van der Waals surface area (Å²) in [6.45, 7) is 6.08. The fourth-order valence-corrected chi connectivity index (χ4v) is 0.792. The van der Waals surface area contributed by atoms with E-state index in [0.717, 1.165) is 11.3 Å². The average Bonchev–Trinajstić information content (AvgIpc) is 2.03. The van der Waals surface area contributed by atoms with Crippen molar-refractivity contribution < 1.29 is 0 Å². The van der Waals surface area contributed by atoms with Crippen LogP contribution in [0.1, 0.15) is 20.8 Å². The number of hydrogen-bond donors (Lipinski definition) is 1. The minimum Gasteiger partial charge on any atom is -0.398 e. The molecule has 0 saturated heterocycles. The Morgan fingerprint density at radius 2 is 2.09 bits per heavy atom. The largest absolute Gasteiger partial charge is 0.398 e. The van der Waals surface area contributed by atoms with Gasteiger partial charge >= 0.3 is 0 Å². The van der Waals surface area contributed by atoms with Crippen LogP contribution < -0.4 is 5.73 Å². The van der Waals surface area contributed by atoms with Crippen molar-refractivity contribution in [2.45, 2.75) is 20.8 Å². The first-order valence-corrected chi connectivity index (χ1v) is 3.70. The summed E-state index contributed by atoms with van der Waals surface area (Å²) in [7, 11) is 0. The minimum atomic E-state index is -0.0393. The fraction of sp³-hybridized carbons (Fsp3) is 0.400. The lowest BCUT2D eigenvalue weighted by molar-refractivity contribution is 0.656. The van der Waals surface area contributed by atoms with Crippen molar-refractivity contribution in [1.82, 2.24) is 0 Å². The van der Waals surface area contributed by atoms with Gasteiger partial charge in [0.1, 0.15) is 0 Å². The normalized spacial score (nSPS) is 20.6. The predicted octanol–water partition coefficient (Wildman–Crippen LogP) is 1.82. The third-order valence-corrected chi connectivity index (χ3v) is 1.68. The molecule has 11 heavy (non-hydrogen) atoms. The van der Waals surface area contributed by atoms with Crippen molar-refractivity contribution in [2.75, 3.05) is 0 Å². The van der Waals surface area contributed by atoms with Crippen molar-refractivity contribution in [3.8, 4) is 11.8 Å². The molecule has 1 heteroatoms. The summed E-state index contributed by atoms with van der Waals surface area (Å²) in [4.78, 5) is 0. The first-order chi connectivity index (χ1) is 5.01. The highest BCUT2D eigenvalue weighted by atomic mass is 14.6. The Kier molecular flexibility index (Phi) is 1.78. The van der Waals surface area contributed by atoms with E-state index >= 15 is 0 Å². The van der Waals surface area contributed by atoms with Crippen LogP contribution in [0.4, 0.5) is 0 Å². The van der Waals surface area contributed by atoms with Crippen molar-refractivity contribution in [1.29, 1.82) is 0 Å². The van der Waals surface area contributed by atoms with E-state index in [1.807, 2.05) is 19.1 Å². The molecule has 0 radical (unpaired) electrons. The van der Waals surface area contributed by atoms with Crippen LogP contribution in [0.5, 0.6) is 0 Å². The zero-order chi connectivity index (χ0) is 8.48. The molecule has 0 bridgehead atoms. The maximum atomic E-state index is 5.69. The molecule has 0 heterocycles. The molecule has 1 aliphatic carbocycles. The van der Waals surface area contributed by atoms with Crippen LogP contribution in [0, 0.1) is 17.3 Å². The molecule has 2 N–H and O–H groups in total. The quantitative estimate of drug-likeness (QED) is 0.520.